The number of likely N-dealkylation sites (N-methyl/N-ethyl adjacent to an activating group) is 1. The van der Waals surface area contributed by atoms with Gasteiger partial charge in [-0.3, -0.25) is 9.69 Å². The minimum atomic E-state index is 0.207. The van der Waals surface area contributed by atoms with Crippen LogP contribution in [-0.2, 0) is 4.74 Å². The fourth-order valence-corrected chi connectivity index (χ4v) is 2.59. The van der Waals surface area contributed by atoms with Crippen molar-refractivity contribution in [1.82, 2.24) is 4.90 Å². The van der Waals surface area contributed by atoms with Crippen molar-refractivity contribution in [2.75, 3.05) is 33.4 Å². The summed E-state index contributed by atoms with van der Waals surface area (Å²) in [7, 11) is 2.03. The molecule has 0 radical (unpaired) electrons. The van der Waals surface area contributed by atoms with Crippen LogP contribution in [0.1, 0.15) is 28.8 Å². The lowest BCUT2D eigenvalue weighted by Crippen LogP contribution is -2.33. The molecule has 0 unspecified atom stereocenters. The lowest BCUT2D eigenvalue weighted by atomic mass is 9.99. The number of ketones is 1. The van der Waals surface area contributed by atoms with Crippen LogP contribution in [0.4, 0.5) is 0 Å². The van der Waals surface area contributed by atoms with Gasteiger partial charge in [-0.2, -0.15) is 0 Å². The number of benzene rings is 1. The first-order valence-corrected chi connectivity index (χ1v) is 7.01. The Labute approximate surface area is 115 Å². The molecule has 0 amide bonds. The topological polar surface area (TPSA) is 29.5 Å². The first-order chi connectivity index (χ1) is 9.15. The van der Waals surface area contributed by atoms with E-state index in [1.54, 1.807) is 0 Å². The third-order valence-corrected chi connectivity index (χ3v) is 3.66. The summed E-state index contributed by atoms with van der Waals surface area (Å²) in [5, 5.41) is 0. The molecule has 1 aliphatic rings. The van der Waals surface area contributed by atoms with Gasteiger partial charge in [0.2, 0.25) is 0 Å². The number of hydrogen-bond donors (Lipinski definition) is 0. The molecular formula is C16H23NO2. The molecule has 1 aliphatic heterocycles. The second-order valence-corrected chi connectivity index (χ2v) is 5.55. The van der Waals surface area contributed by atoms with Crippen molar-refractivity contribution < 1.29 is 9.53 Å². The maximum atomic E-state index is 12.2. The number of hydrogen-bond acceptors (Lipinski definition) is 3. The number of Topliss-reactive ketones (excluding diaryl/α,β-unsaturated/α-hetero) is 1. The van der Waals surface area contributed by atoms with Crippen molar-refractivity contribution in [3.63, 3.8) is 0 Å². The van der Waals surface area contributed by atoms with Crippen molar-refractivity contribution in [2.24, 2.45) is 5.92 Å². The van der Waals surface area contributed by atoms with Gasteiger partial charge in [-0.25, -0.2) is 0 Å². The molecule has 19 heavy (non-hydrogen) atoms. The average Bonchev–Trinajstić information content (AvgIpc) is 2.39. The Hall–Kier alpha value is -1.19. The van der Waals surface area contributed by atoms with Crippen LogP contribution in [-0.4, -0.2) is 44.0 Å². The van der Waals surface area contributed by atoms with Crippen LogP contribution in [0.15, 0.2) is 24.3 Å². The molecule has 0 spiro atoms. The largest absolute Gasteiger partial charge is 0.381 e. The Kier molecular flexibility index (Phi) is 5.11. The number of aryl methyl sites for hydroxylation is 1. The second-order valence-electron chi connectivity index (χ2n) is 5.55. The van der Waals surface area contributed by atoms with E-state index in [0.29, 0.717) is 12.5 Å². The molecule has 1 aromatic rings. The molecule has 104 valence electrons. The Morgan fingerprint density at radius 2 is 2.11 bits per heavy atom. The molecule has 3 heteroatoms. The average molecular weight is 261 g/mol. The summed E-state index contributed by atoms with van der Waals surface area (Å²) in [5.41, 5.74) is 1.96. The van der Waals surface area contributed by atoms with Crippen LogP contribution < -0.4 is 0 Å². The first kappa shape index (κ1) is 14.2. The van der Waals surface area contributed by atoms with E-state index >= 15 is 0 Å². The lowest BCUT2D eigenvalue weighted by Gasteiger charge is -2.26. The molecule has 1 saturated heterocycles. The Balaban J connectivity index is 1.84. The van der Waals surface area contributed by atoms with Crippen LogP contribution in [0.25, 0.3) is 0 Å². The quantitative estimate of drug-likeness (QED) is 0.763. The molecule has 3 nitrogen and oxygen atoms in total. The SMILES string of the molecule is Cc1cccc(C(=O)CN(C)CC2CCOCC2)c1. The molecule has 0 aliphatic carbocycles. The van der Waals surface area contributed by atoms with Gasteiger partial charge in [0.05, 0.1) is 6.54 Å². The predicted molar refractivity (Wildman–Crippen MR) is 76.5 cm³/mol. The van der Waals surface area contributed by atoms with Gasteiger partial charge in [-0.05, 0) is 38.8 Å². The van der Waals surface area contributed by atoms with E-state index in [9.17, 15) is 4.79 Å². The second kappa shape index (κ2) is 6.83. The highest BCUT2D eigenvalue weighted by Crippen LogP contribution is 2.15. The third-order valence-electron chi connectivity index (χ3n) is 3.66. The van der Waals surface area contributed by atoms with E-state index in [0.717, 1.165) is 43.7 Å². The van der Waals surface area contributed by atoms with Gasteiger partial charge >= 0.3 is 0 Å². The third kappa shape index (κ3) is 4.44. The summed E-state index contributed by atoms with van der Waals surface area (Å²) in [6.45, 7) is 5.24. The fraction of sp³-hybridized carbons (Fsp3) is 0.562. The zero-order valence-electron chi connectivity index (χ0n) is 11.9. The van der Waals surface area contributed by atoms with Crippen molar-refractivity contribution in [3.8, 4) is 0 Å². The molecule has 0 N–H and O–H groups in total. The summed E-state index contributed by atoms with van der Waals surface area (Å²) in [4.78, 5) is 14.3. The molecule has 0 aromatic heterocycles. The Morgan fingerprint density at radius 1 is 1.37 bits per heavy atom. The van der Waals surface area contributed by atoms with Crippen molar-refractivity contribution in [1.29, 1.82) is 0 Å². The lowest BCUT2D eigenvalue weighted by molar-refractivity contribution is 0.0549. The molecule has 1 fully saturated rings. The highest BCUT2D eigenvalue weighted by atomic mass is 16.5. The van der Waals surface area contributed by atoms with Crippen molar-refractivity contribution >= 4 is 5.78 Å². The van der Waals surface area contributed by atoms with E-state index in [-0.39, 0.29) is 5.78 Å². The predicted octanol–water partition coefficient (Wildman–Crippen LogP) is 2.54. The van der Waals surface area contributed by atoms with Gasteiger partial charge < -0.3 is 4.74 Å². The number of ether oxygens (including phenoxy) is 1. The summed E-state index contributed by atoms with van der Waals surface area (Å²) in [6.07, 6.45) is 2.23. The summed E-state index contributed by atoms with van der Waals surface area (Å²) in [6, 6.07) is 7.83. The number of carbonyl (C=O) groups excluding carboxylic acids is 1. The zero-order valence-corrected chi connectivity index (χ0v) is 11.9. The van der Waals surface area contributed by atoms with Gasteiger partial charge in [-0.15, -0.1) is 0 Å². The molecular weight excluding hydrogens is 238 g/mol. The number of rotatable bonds is 5. The highest BCUT2D eigenvalue weighted by molar-refractivity contribution is 5.97. The van der Waals surface area contributed by atoms with Crippen LogP contribution >= 0.6 is 0 Å². The summed E-state index contributed by atoms with van der Waals surface area (Å²) in [5.74, 6) is 0.877. The first-order valence-electron chi connectivity index (χ1n) is 7.01. The summed E-state index contributed by atoms with van der Waals surface area (Å²) >= 11 is 0. The molecule has 2 rings (SSSR count). The molecule has 1 aromatic carbocycles. The zero-order chi connectivity index (χ0) is 13.7. The Bertz CT molecular complexity index is 425. The van der Waals surface area contributed by atoms with Gasteiger partial charge in [0.1, 0.15) is 0 Å². The molecule has 0 bridgehead atoms. The molecule has 1 heterocycles. The summed E-state index contributed by atoms with van der Waals surface area (Å²) < 4.78 is 5.36. The van der Waals surface area contributed by atoms with E-state index in [1.807, 2.05) is 38.2 Å². The highest BCUT2D eigenvalue weighted by Gasteiger charge is 2.17. The maximum absolute atomic E-state index is 12.2. The van der Waals surface area contributed by atoms with Gasteiger partial charge in [0, 0.05) is 25.3 Å². The number of nitrogens with zero attached hydrogens (tertiary/aromatic N) is 1. The van der Waals surface area contributed by atoms with Crippen LogP contribution in [0.3, 0.4) is 0 Å². The minimum Gasteiger partial charge on any atom is -0.381 e. The van der Waals surface area contributed by atoms with E-state index in [4.69, 9.17) is 4.74 Å². The molecule has 0 atom stereocenters. The van der Waals surface area contributed by atoms with E-state index in [1.165, 1.54) is 0 Å². The number of carbonyl (C=O) groups is 1. The monoisotopic (exact) mass is 261 g/mol. The van der Waals surface area contributed by atoms with E-state index in [2.05, 4.69) is 4.90 Å². The fourth-order valence-electron chi connectivity index (χ4n) is 2.59. The smallest absolute Gasteiger partial charge is 0.176 e. The van der Waals surface area contributed by atoms with Crippen LogP contribution in [0.2, 0.25) is 0 Å². The van der Waals surface area contributed by atoms with Gasteiger partial charge in [-0.1, -0.05) is 23.8 Å². The van der Waals surface area contributed by atoms with Gasteiger partial charge in [0.25, 0.3) is 0 Å². The maximum Gasteiger partial charge on any atom is 0.176 e. The normalized spacial score (nSPS) is 16.8. The molecule has 0 saturated carbocycles. The van der Waals surface area contributed by atoms with Crippen molar-refractivity contribution in [3.05, 3.63) is 35.4 Å². The van der Waals surface area contributed by atoms with E-state index < -0.39 is 0 Å². The van der Waals surface area contributed by atoms with Crippen LogP contribution in [0, 0.1) is 12.8 Å². The van der Waals surface area contributed by atoms with Gasteiger partial charge in [0.15, 0.2) is 5.78 Å². The standard InChI is InChI=1S/C16H23NO2/c1-13-4-3-5-15(10-13)16(18)12-17(2)11-14-6-8-19-9-7-14/h3-5,10,14H,6-9,11-12H2,1-2H3. The Morgan fingerprint density at radius 3 is 2.79 bits per heavy atom. The van der Waals surface area contributed by atoms with Crippen LogP contribution in [0.5, 0.6) is 0 Å². The minimum absolute atomic E-state index is 0.207. The van der Waals surface area contributed by atoms with Crippen molar-refractivity contribution in [2.45, 2.75) is 19.8 Å².